The summed E-state index contributed by atoms with van der Waals surface area (Å²) in [5.74, 6) is 6.24. The predicted molar refractivity (Wildman–Crippen MR) is 115 cm³/mol. The molecule has 0 unspecified atom stereocenters. The molecule has 1 aliphatic heterocycles. The molecule has 1 saturated heterocycles. The molecule has 4 rings (SSSR count). The van der Waals surface area contributed by atoms with E-state index in [0.29, 0.717) is 23.1 Å². The van der Waals surface area contributed by atoms with E-state index in [2.05, 4.69) is 21.8 Å². The molecule has 1 amide bonds. The Kier molecular flexibility index (Phi) is 5.53. The number of carbonyl (C=O) groups excluding carboxylic acids is 1. The van der Waals surface area contributed by atoms with E-state index in [9.17, 15) is 9.59 Å². The van der Waals surface area contributed by atoms with E-state index in [4.69, 9.17) is 10.7 Å². The molecule has 30 heavy (non-hydrogen) atoms. The van der Waals surface area contributed by atoms with Crippen LogP contribution in [0.15, 0.2) is 35.3 Å². The smallest absolute Gasteiger partial charge is 0.293 e. The molecule has 3 aromatic rings. The summed E-state index contributed by atoms with van der Waals surface area (Å²) in [5.41, 5.74) is 7.38. The summed E-state index contributed by atoms with van der Waals surface area (Å²) in [5, 5.41) is 4.31. The lowest BCUT2D eigenvalue weighted by Gasteiger charge is -2.27. The first-order valence-electron chi connectivity index (χ1n) is 10.1. The maximum atomic E-state index is 13.3. The fourth-order valence-electron chi connectivity index (χ4n) is 3.83. The van der Waals surface area contributed by atoms with Crippen LogP contribution in [0.2, 0.25) is 0 Å². The number of fused-ring (bicyclic) bond motifs is 1. The zero-order valence-corrected chi connectivity index (χ0v) is 17.0. The molecule has 0 spiro atoms. The van der Waals surface area contributed by atoms with Gasteiger partial charge in [0.1, 0.15) is 11.0 Å². The van der Waals surface area contributed by atoms with Gasteiger partial charge in [0.25, 0.3) is 5.56 Å². The second-order valence-electron chi connectivity index (χ2n) is 7.38. The molecule has 0 atom stereocenters. The Morgan fingerprint density at radius 2 is 2.03 bits per heavy atom. The van der Waals surface area contributed by atoms with Crippen molar-refractivity contribution in [2.24, 2.45) is 5.73 Å². The van der Waals surface area contributed by atoms with E-state index in [1.54, 1.807) is 31.3 Å². The fourth-order valence-corrected chi connectivity index (χ4v) is 3.83. The third kappa shape index (κ3) is 3.79. The molecule has 0 saturated carbocycles. The standard InChI is InChI=1S/C22H24N6O2/c1-2-3-12-27-19-18(25-22(27)26-10-5-4-6-11-26)14-24-28(21(19)30)15-16-8-7-9-17(13-16)20(23)29/h7-9,13-14H,4-6,10-12,15H2,1H3,(H2,23,29). The Bertz CT molecular complexity index is 1210. The van der Waals surface area contributed by atoms with Crippen molar-refractivity contribution in [1.29, 1.82) is 0 Å². The molecule has 0 aliphatic carbocycles. The summed E-state index contributed by atoms with van der Waals surface area (Å²) in [6.45, 7) is 4.26. The average molecular weight is 404 g/mol. The number of aromatic nitrogens is 4. The maximum absolute atomic E-state index is 13.3. The van der Waals surface area contributed by atoms with Gasteiger partial charge in [-0.1, -0.05) is 18.1 Å². The van der Waals surface area contributed by atoms with Gasteiger partial charge in [0, 0.05) is 18.7 Å². The zero-order valence-electron chi connectivity index (χ0n) is 17.0. The van der Waals surface area contributed by atoms with Crippen LogP contribution < -0.4 is 16.2 Å². The van der Waals surface area contributed by atoms with Gasteiger partial charge in [-0.15, -0.1) is 5.92 Å². The minimum atomic E-state index is -0.505. The summed E-state index contributed by atoms with van der Waals surface area (Å²) in [7, 11) is 0. The van der Waals surface area contributed by atoms with Crippen LogP contribution in [0.3, 0.4) is 0 Å². The number of nitrogens with two attached hydrogens (primary N) is 1. The van der Waals surface area contributed by atoms with Crippen molar-refractivity contribution in [3.63, 3.8) is 0 Å². The summed E-state index contributed by atoms with van der Waals surface area (Å²) < 4.78 is 3.29. The van der Waals surface area contributed by atoms with E-state index >= 15 is 0 Å². The number of primary amides is 1. The lowest BCUT2D eigenvalue weighted by Crippen LogP contribution is -2.32. The topological polar surface area (TPSA) is 99.0 Å². The van der Waals surface area contributed by atoms with Gasteiger partial charge in [0.15, 0.2) is 0 Å². The second-order valence-corrected chi connectivity index (χ2v) is 7.38. The van der Waals surface area contributed by atoms with Gasteiger partial charge in [-0.2, -0.15) is 5.10 Å². The lowest BCUT2D eigenvalue weighted by molar-refractivity contribution is 0.1000. The van der Waals surface area contributed by atoms with Crippen molar-refractivity contribution in [2.45, 2.75) is 39.3 Å². The van der Waals surface area contributed by atoms with Gasteiger partial charge in [0.2, 0.25) is 11.9 Å². The first-order chi connectivity index (χ1) is 14.6. The summed E-state index contributed by atoms with van der Waals surface area (Å²) in [6.07, 6.45) is 5.06. The van der Waals surface area contributed by atoms with Crippen molar-refractivity contribution >= 4 is 22.9 Å². The van der Waals surface area contributed by atoms with Gasteiger partial charge in [-0.3, -0.25) is 14.2 Å². The van der Waals surface area contributed by atoms with Crippen molar-refractivity contribution in [2.75, 3.05) is 18.0 Å². The molecule has 8 heteroatoms. The monoisotopic (exact) mass is 404 g/mol. The zero-order chi connectivity index (χ0) is 21.1. The van der Waals surface area contributed by atoms with Crippen LogP contribution in [0, 0.1) is 11.8 Å². The average Bonchev–Trinajstić information content (AvgIpc) is 3.14. The van der Waals surface area contributed by atoms with Crippen molar-refractivity contribution < 1.29 is 4.79 Å². The molecule has 1 aromatic carbocycles. The highest BCUT2D eigenvalue weighted by molar-refractivity contribution is 5.92. The van der Waals surface area contributed by atoms with Crippen LogP contribution in [-0.2, 0) is 13.1 Å². The molecule has 1 aliphatic rings. The van der Waals surface area contributed by atoms with E-state index in [0.717, 1.165) is 37.4 Å². The molecule has 0 bridgehead atoms. The van der Waals surface area contributed by atoms with Crippen molar-refractivity contribution in [3.8, 4) is 11.8 Å². The highest BCUT2D eigenvalue weighted by Gasteiger charge is 2.21. The second kappa shape index (κ2) is 8.41. The number of hydrogen-bond acceptors (Lipinski definition) is 5. The number of amides is 1. The van der Waals surface area contributed by atoms with Gasteiger partial charge in [-0.05, 0) is 43.9 Å². The van der Waals surface area contributed by atoms with Crippen LogP contribution in [0.1, 0.15) is 42.1 Å². The first-order valence-corrected chi connectivity index (χ1v) is 10.1. The number of carbonyl (C=O) groups is 1. The quantitative estimate of drug-likeness (QED) is 0.653. The highest BCUT2D eigenvalue weighted by Crippen LogP contribution is 2.23. The first kappa shape index (κ1) is 19.7. The maximum Gasteiger partial charge on any atom is 0.293 e. The van der Waals surface area contributed by atoms with Gasteiger partial charge in [-0.25, -0.2) is 9.67 Å². The van der Waals surface area contributed by atoms with Gasteiger partial charge in [0.05, 0.1) is 19.3 Å². The van der Waals surface area contributed by atoms with E-state index in [1.807, 2.05) is 10.6 Å². The molecule has 1 fully saturated rings. The molecular weight excluding hydrogens is 380 g/mol. The van der Waals surface area contributed by atoms with Crippen LogP contribution in [0.5, 0.6) is 0 Å². The molecule has 154 valence electrons. The fraction of sp³-hybridized carbons (Fsp3) is 0.364. The molecule has 2 aromatic heterocycles. The lowest BCUT2D eigenvalue weighted by atomic mass is 10.1. The number of piperidine rings is 1. The minimum Gasteiger partial charge on any atom is -0.366 e. The summed E-state index contributed by atoms with van der Waals surface area (Å²) >= 11 is 0. The molecule has 0 radical (unpaired) electrons. The number of anilines is 1. The largest absolute Gasteiger partial charge is 0.366 e. The number of benzene rings is 1. The van der Waals surface area contributed by atoms with Crippen LogP contribution in [-0.4, -0.2) is 38.3 Å². The van der Waals surface area contributed by atoms with Crippen LogP contribution in [0.4, 0.5) is 5.95 Å². The third-order valence-electron chi connectivity index (χ3n) is 5.33. The molecule has 3 heterocycles. The van der Waals surface area contributed by atoms with Crippen LogP contribution >= 0.6 is 0 Å². The number of rotatable bonds is 5. The van der Waals surface area contributed by atoms with Gasteiger partial charge >= 0.3 is 0 Å². The number of nitrogens with zero attached hydrogens (tertiary/aromatic N) is 5. The molecular formula is C22H24N6O2. The Balaban J connectivity index is 1.78. The minimum absolute atomic E-state index is 0.231. The summed E-state index contributed by atoms with van der Waals surface area (Å²) in [6, 6.07) is 6.91. The predicted octanol–water partition coefficient (Wildman–Crippen LogP) is 1.75. The van der Waals surface area contributed by atoms with Crippen molar-refractivity contribution in [3.05, 3.63) is 51.9 Å². The third-order valence-corrected chi connectivity index (χ3v) is 5.33. The van der Waals surface area contributed by atoms with E-state index < -0.39 is 5.91 Å². The normalized spacial score (nSPS) is 13.8. The Morgan fingerprint density at radius 3 is 2.77 bits per heavy atom. The van der Waals surface area contributed by atoms with Gasteiger partial charge < -0.3 is 10.6 Å². The van der Waals surface area contributed by atoms with Crippen molar-refractivity contribution in [1.82, 2.24) is 19.3 Å². The molecule has 2 N–H and O–H groups in total. The Hall–Kier alpha value is -3.60. The number of hydrogen-bond donors (Lipinski definition) is 1. The van der Waals surface area contributed by atoms with E-state index in [1.165, 1.54) is 11.1 Å². The van der Waals surface area contributed by atoms with Crippen LogP contribution in [0.25, 0.3) is 11.0 Å². The molecule has 8 nitrogen and oxygen atoms in total. The number of imidazole rings is 1. The Labute approximate surface area is 174 Å². The van der Waals surface area contributed by atoms with E-state index in [-0.39, 0.29) is 12.1 Å². The highest BCUT2D eigenvalue weighted by atomic mass is 16.1. The SMILES string of the molecule is CC#CCn1c(N2CCCCC2)nc2cnn(Cc3cccc(C(N)=O)c3)c(=O)c21. The summed E-state index contributed by atoms with van der Waals surface area (Å²) in [4.78, 5) is 31.7. The Morgan fingerprint density at radius 1 is 1.23 bits per heavy atom.